The van der Waals surface area contributed by atoms with Gasteiger partial charge in [0.1, 0.15) is 0 Å². The number of alkyl halides is 3. The van der Waals surface area contributed by atoms with Crippen LogP contribution >= 0.6 is 23.2 Å². The van der Waals surface area contributed by atoms with Crippen molar-refractivity contribution in [2.24, 2.45) is 0 Å². The van der Waals surface area contributed by atoms with Gasteiger partial charge in [0.05, 0.1) is 49.2 Å². The molecule has 2 heterocycles. The third-order valence-corrected chi connectivity index (χ3v) is 6.58. The lowest BCUT2D eigenvalue weighted by atomic mass is 10.1. The molecule has 170 valence electrons. The fourth-order valence-corrected chi connectivity index (χ4v) is 4.67. The molecule has 2 aromatic carbocycles. The van der Waals surface area contributed by atoms with Crippen molar-refractivity contribution in [3.63, 3.8) is 0 Å². The van der Waals surface area contributed by atoms with Crippen LogP contribution in [0.4, 0.5) is 24.5 Å². The van der Waals surface area contributed by atoms with Gasteiger partial charge in [-0.25, -0.2) is 13.3 Å². The lowest BCUT2D eigenvalue weighted by Gasteiger charge is -2.14. The first-order valence-electron chi connectivity index (χ1n) is 8.92. The Morgan fingerprint density at radius 1 is 0.909 bits per heavy atom. The Labute approximate surface area is 194 Å². The van der Waals surface area contributed by atoms with Crippen LogP contribution in [0.25, 0.3) is 0 Å². The minimum absolute atomic E-state index is 0.0429. The number of rotatable bonds is 4. The molecular weight excluding hydrogens is 506 g/mol. The number of fused-ring (bicyclic) bond motifs is 1. The Bertz CT molecular complexity index is 1410. The number of carbonyl (C=O) groups is 2. The summed E-state index contributed by atoms with van der Waals surface area (Å²) in [4.78, 5) is 30.1. The van der Waals surface area contributed by atoms with Gasteiger partial charge in [0.15, 0.2) is 0 Å². The van der Waals surface area contributed by atoms with E-state index in [4.69, 9.17) is 23.2 Å². The van der Waals surface area contributed by atoms with Crippen molar-refractivity contribution in [2.45, 2.75) is 11.1 Å². The molecule has 0 fully saturated rings. The predicted octanol–water partition coefficient (Wildman–Crippen LogP) is 5.01. The average Bonchev–Trinajstić information content (AvgIpc) is 3.01. The molecule has 0 aliphatic carbocycles. The number of carbonyl (C=O) groups excluding carboxylic acids is 2. The molecule has 33 heavy (non-hydrogen) atoms. The Kier molecular flexibility index (Phi) is 5.59. The van der Waals surface area contributed by atoms with E-state index >= 15 is 0 Å². The predicted molar refractivity (Wildman–Crippen MR) is 114 cm³/mol. The minimum atomic E-state index is -4.64. The van der Waals surface area contributed by atoms with E-state index in [0.717, 1.165) is 17.0 Å². The Morgan fingerprint density at radius 2 is 1.55 bits per heavy atom. The van der Waals surface area contributed by atoms with Gasteiger partial charge in [-0.1, -0.05) is 23.2 Å². The van der Waals surface area contributed by atoms with Crippen LogP contribution in [0.15, 0.2) is 59.8 Å². The molecule has 0 radical (unpaired) electrons. The SMILES string of the molecule is O=C1c2c(Cl)ccc(NS(=O)(=O)c3ccc(C(F)(F)F)cc3)c2C(=O)N1c1cncc(Cl)c1. The van der Waals surface area contributed by atoms with Gasteiger partial charge in [0.2, 0.25) is 0 Å². The Morgan fingerprint density at radius 3 is 2.15 bits per heavy atom. The van der Waals surface area contributed by atoms with E-state index in [9.17, 15) is 31.2 Å². The molecule has 4 rings (SSSR count). The number of imide groups is 1. The van der Waals surface area contributed by atoms with E-state index < -0.39 is 38.5 Å². The van der Waals surface area contributed by atoms with Gasteiger partial charge in [0, 0.05) is 6.20 Å². The van der Waals surface area contributed by atoms with Gasteiger partial charge in [-0.3, -0.25) is 19.3 Å². The van der Waals surface area contributed by atoms with Gasteiger partial charge in [-0.05, 0) is 42.5 Å². The molecule has 7 nitrogen and oxygen atoms in total. The fourth-order valence-electron chi connectivity index (χ4n) is 3.19. The highest BCUT2D eigenvalue weighted by Crippen LogP contribution is 2.38. The molecular formula is C20H10Cl2F3N3O4S. The number of halogens is 5. The van der Waals surface area contributed by atoms with Crippen LogP contribution in [-0.4, -0.2) is 25.2 Å². The summed E-state index contributed by atoms with van der Waals surface area (Å²) in [6.45, 7) is 0. The number of aromatic nitrogens is 1. The van der Waals surface area contributed by atoms with Gasteiger partial charge in [0.25, 0.3) is 21.8 Å². The van der Waals surface area contributed by atoms with Crippen LogP contribution in [0.2, 0.25) is 10.0 Å². The molecule has 1 N–H and O–H groups in total. The second-order valence-corrected chi connectivity index (χ2v) is 9.31. The smallest absolute Gasteiger partial charge is 0.279 e. The number of amides is 2. The number of benzene rings is 2. The molecule has 0 saturated heterocycles. The highest BCUT2D eigenvalue weighted by molar-refractivity contribution is 7.92. The number of nitrogens with zero attached hydrogens (tertiary/aromatic N) is 2. The summed E-state index contributed by atoms with van der Waals surface area (Å²) in [7, 11) is -4.42. The summed E-state index contributed by atoms with van der Waals surface area (Å²) >= 11 is 12.0. The minimum Gasteiger partial charge on any atom is -0.279 e. The second kappa shape index (κ2) is 8.01. The third-order valence-electron chi connectivity index (χ3n) is 4.67. The van der Waals surface area contributed by atoms with Gasteiger partial charge in [-0.15, -0.1) is 0 Å². The topological polar surface area (TPSA) is 96.4 Å². The summed E-state index contributed by atoms with van der Waals surface area (Å²) < 4.78 is 66.0. The highest BCUT2D eigenvalue weighted by atomic mass is 35.5. The normalized spacial score (nSPS) is 13.9. The van der Waals surface area contributed by atoms with Crippen molar-refractivity contribution < 1.29 is 31.2 Å². The number of hydrogen-bond donors (Lipinski definition) is 1. The van der Waals surface area contributed by atoms with E-state index in [0.29, 0.717) is 12.1 Å². The van der Waals surface area contributed by atoms with E-state index in [1.165, 1.54) is 30.6 Å². The lowest BCUT2D eigenvalue weighted by Crippen LogP contribution is -2.29. The molecule has 0 atom stereocenters. The van der Waals surface area contributed by atoms with Crippen LogP contribution in [0.1, 0.15) is 26.3 Å². The zero-order valence-corrected chi connectivity index (χ0v) is 18.3. The van der Waals surface area contributed by atoms with E-state index in [1.54, 1.807) is 0 Å². The fraction of sp³-hybridized carbons (Fsp3) is 0.0500. The van der Waals surface area contributed by atoms with Crippen molar-refractivity contribution in [1.82, 2.24) is 4.98 Å². The van der Waals surface area contributed by atoms with Crippen LogP contribution in [0.5, 0.6) is 0 Å². The number of anilines is 2. The maximum Gasteiger partial charge on any atom is 0.416 e. The molecule has 0 bridgehead atoms. The Hall–Kier alpha value is -3.15. The van der Waals surface area contributed by atoms with Crippen molar-refractivity contribution in [1.29, 1.82) is 0 Å². The van der Waals surface area contributed by atoms with Crippen molar-refractivity contribution in [3.8, 4) is 0 Å². The quantitative estimate of drug-likeness (QED) is 0.492. The summed E-state index contributed by atoms with van der Waals surface area (Å²) in [5, 5.41) is 0.0525. The third kappa shape index (κ3) is 4.14. The highest BCUT2D eigenvalue weighted by Gasteiger charge is 2.41. The molecule has 1 aromatic heterocycles. The average molecular weight is 516 g/mol. The summed E-state index contributed by atoms with van der Waals surface area (Å²) in [5.41, 5.74) is -1.82. The first-order valence-corrected chi connectivity index (χ1v) is 11.2. The second-order valence-electron chi connectivity index (χ2n) is 6.78. The number of sulfonamides is 1. The molecule has 2 amide bonds. The zero-order chi connectivity index (χ0) is 24.1. The van der Waals surface area contributed by atoms with Gasteiger partial charge in [-0.2, -0.15) is 13.2 Å². The number of hydrogen-bond acceptors (Lipinski definition) is 5. The van der Waals surface area contributed by atoms with Crippen molar-refractivity contribution >= 4 is 56.4 Å². The molecule has 0 spiro atoms. The molecule has 1 aliphatic rings. The maximum atomic E-state index is 13.1. The summed E-state index contributed by atoms with van der Waals surface area (Å²) in [6, 6.07) is 6.49. The lowest BCUT2D eigenvalue weighted by molar-refractivity contribution is -0.137. The first-order chi connectivity index (χ1) is 15.4. The van der Waals surface area contributed by atoms with Crippen LogP contribution in [0, 0.1) is 0 Å². The summed E-state index contributed by atoms with van der Waals surface area (Å²) in [6.07, 6.45) is -2.13. The van der Waals surface area contributed by atoms with Crippen molar-refractivity contribution in [2.75, 3.05) is 9.62 Å². The van der Waals surface area contributed by atoms with Gasteiger partial charge >= 0.3 is 6.18 Å². The van der Waals surface area contributed by atoms with Crippen LogP contribution < -0.4 is 9.62 Å². The molecule has 1 aliphatic heterocycles. The first kappa shape index (κ1) is 23.0. The van der Waals surface area contributed by atoms with Gasteiger partial charge < -0.3 is 0 Å². The van der Waals surface area contributed by atoms with E-state index in [-0.39, 0.29) is 32.5 Å². The Balaban J connectivity index is 1.74. The maximum absolute atomic E-state index is 13.1. The number of pyridine rings is 1. The standard InChI is InChI=1S/C20H10Cl2F3N3O4S/c21-11-7-12(9-26-8-11)28-18(29)16-14(22)5-6-15(17(16)19(28)30)27-33(31,32)13-3-1-10(2-4-13)20(23,24)25/h1-9,27H. The van der Waals surface area contributed by atoms with Crippen LogP contribution in [0.3, 0.4) is 0 Å². The molecule has 13 heteroatoms. The zero-order valence-electron chi connectivity index (χ0n) is 16.0. The molecule has 0 saturated carbocycles. The molecule has 0 unspecified atom stereocenters. The largest absolute Gasteiger partial charge is 0.416 e. The molecule has 3 aromatic rings. The van der Waals surface area contributed by atoms with Crippen LogP contribution in [-0.2, 0) is 16.2 Å². The number of nitrogens with one attached hydrogen (secondary N) is 1. The monoisotopic (exact) mass is 515 g/mol. The summed E-state index contributed by atoms with van der Waals surface area (Å²) in [5.74, 6) is -1.70. The van der Waals surface area contributed by atoms with E-state index in [2.05, 4.69) is 9.71 Å². The van der Waals surface area contributed by atoms with E-state index in [1.807, 2.05) is 0 Å². The van der Waals surface area contributed by atoms with Crippen molar-refractivity contribution in [3.05, 3.63) is 81.6 Å².